The maximum Gasteiger partial charge on any atom is 0.407 e. The van der Waals surface area contributed by atoms with Crippen molar-refractivity contribution in [1.29, 1.82) is 0 Å². The first kappa shape index (κ1) is 25.0. The number of carbonyl (C=O) groups excluding carboxylic acids is 2. The largest absolute Gasteiger partial charge is 0.456 e. The van der Waals surface area contributed by atoms with Crippen LogP contribution in [0.2, 0.25) is 0 Å². The fourth-order valence-corrected chi connectivity index (χ4v) is 4.66. The van der Waals surface area contributed by atoms with Crippen molar-refractivity contribution >= 4 is 34.6 Å². The molecule has 2 heterocycles. The molecular formula is C26H29IN4O4. The molecule has 8 nitrogen and oxygen atoms in total. The van der Waals surface area contributed by atoms with Crippen molar-refractivity contribution in [3.8, 4) is 22.8 Å². The second-order valence-electron chi connectivity index (χ2n) is 8.79. The summed E-state index contributed by atoms with van der Waals surface area (Å²) in [5.74, 6) is 2.06. The van der Waals surface area contributed by atoms with Gasteiger partial charge in [-0.2, -0.15) is 0 Å². The lowest BCUT2D eigenvalue weighted by Crippen LogP contribution is -2.51. The minimum atomic E-state index is -0.661. The van der Waals surface area contributed by atoms with Gasteiger partial charge in [-0.1, -0.05) is 38.1 Å². The predicted molar refractivity (Wildman–Crippen MR) is 141 cm³/mol. The second kappa shape index (κ2) is 11.1. The maximum atomic E-state index is 13.4. The van der Waals surface area contributed by atoms with Gasteiger partial charge in [-0.3, -0.25) is 4.79 Å². The van der Waals surface area contributed by atoms with Crippen LogP contribution in [-0.2, 0) is 9.53 Å². The number of rotatable bonds is 7. The molecule has 0 radical (unpaired) electrons. The third kappa shape index (κ3) is 5.77. The van der Waals surface area contributed by atoms with Gasteiger partial charge in [0.2, 0.25) is 5.91 Å². The van der Waals surface area contributed by atoms with Gasteiger partial charge in [0.1, 0.15) is 23.4 Å². The Bertz CT molecular complexity index is 1180. The van der Waals surface area contributed by atoms with E-state index in [1.807, 2.05) is 62.4 Å². The van der Waals surface area contributed by atoms with Gasteiger partial charge in [0.15, 0.2) is 0 Å². The molecule has 0 unspecified atom stereocenters. The van der Waals surface area contributed by atoms with Crippen LogP contribution in [0.1, 0.15) is 38.6 Å². The van der Waals surface area contributed by atoms with E-state index in [9.17, 15) is 9.59 Å². The molecule has 1 fully saturated rings. The van der Waals surface area contributed by atoms with Gasteiger partial charge in [-0.25, -0.2) is 9.78 Å². The first-order chi connectivity index (χ1) is 16.9. The number of aromatic amines is 1. The van der Waals surface area contributed by atoms with Crippen molar-refractivity contribution < 1.29 is 19.1 Å². The zero-order valence-corrected chi connectivity index (χ0v) is 22.1. The highest BCUT2D eigenvalue weighted by Gasteiger charge is 2.37. The van der Waals surface area contributed by atoms with Crippen molar-refractivity contribution in [3.05, 3.63) is 64.1 Å². The Morgan fingerprint density at radius 2 is 1.97 bits per heavy atom. The van der Waals surface area contributed by atoms with E-state index in [0.29, 0.717) is 6.54 Å². The summed E-state index contributed by atoms with van der Waals surface area (Å²) in [7, 11) is 1.29. The molecule has 2 amide bonds. The summed E-state index contributed by atoms with van der Waals surface area (Å²) >= 11 is 2.26. The number of hydrogen-bond donors (Lipinski definition) is 2. The van der Waals surface area contributed by atoms with E-state index in [2.05, 4.69) is 37.9 Å². The van der Waals surface area contributed by atoms with Crippen molar-refractivity contribution in [1.82, 2.24) is 20.2 Å². The summed E-state index contributed by atoms with van der Waals surface area (Å²) < 4.78 is 11.8. The first-order valence-corrected chi connectivity index (χ1v) is 12.7. The van der Waals surface area contributed by atoms with Crippen LogP contribution in [-0.4, -0.2) is 46.6 Å². The highest BCUT2D eigenvalue weighted by molar-refractivity contribution is 14.1. The molecule has 35 heavy (non-hydrogen) atoms. The monoisotopic (exact) mass is 588 g/mol. The molecule has 1 saturated heterocycles. The molecule has 0 saturated carbocycles. The number of aromatic nitrogens is 2. The third-order valence-corrected chi connectivity index (χ3v) is 6.94. The molecule has 184 valence electrons. The van der Waals surface area contributed by atoms with Crippen LogP contribution in [0.25, 0.3) is 11.3 Å². The highest BCUT2D eigenvalue weighted by Crippen LogP contribution is 2.34. The van der Waals surface area contributed by atoms with Gasteiger partial charge in [0.25, 0.3) is 0 Å². The topological polar surface area (TPSA) is 96.6 Å². The second-order valence-corrected chi connectivity index (χ2v) is 9.95. The van der Waals surface area contributed by atoms with Gasteiger partial charge in [-0.05, 0) is 65.6 Å². The molecule has 4 rings (SSSR count). The quantitative estimate of drug-likeness (QED) is 0.355. The Morgan fingerprint density at radius 3 is 2.69 bits per heavy atom. The summed E-state index contributed by atoms with van der Waals surface area (Å²) in [6, 6.07) is 14.8. The van der Waals surface area contributed by atoms with E-state index in [1.54, 1.807) is 11.1 Å². The van der Waals surface area contributed by atoms with Crippen molar-refractivity contribution in [2.75, 3.05) is 13.7 Å². The minimum Gasteiger partial charge on any atom is -0.456 e. The van der Waals surface area contributed by atoms with Gasteiger partial charge >= 0.3 is 6.09 Å². The highest BCUT2D eigenvalue weighted by atomic mass is 127. The molecule has 0 aliphatic carbocycles. The number of alkyl carbamates (subject to hydrolysis) is 1. The Kier molecular flexibility index (Phi) is 7.94. The van der Waals surface area contributed by atoms with Crippen molar-refractivity contribution in [3.63, 3.8) is 0 Å². The SMILES string of the molecule is COC(=O)N[C@H](C(=O)N1CCC[C@H]1c1ncc(-c2ccc(I)c(Oc3ccccc3)c2)[nH]1)C(C)C. The molecule has 2 aromatic carbocycles. The average molecular weight is 588 g/mol. The van der Waals surface area contributed by atoms with Crippen LogP contribution in [0.15, 0.2) is 54.7 Å². The van der Waals surface area contributed by atoms with Crippen LogP contribution in [0.4, 0.5) is 4.79 Å². The number of amides is 2. The van der Waals surface area contributed by atoms with E-state index >= 15 is 0 Å². The molecule has 1 aliphatic heterocycles. The van der Waals surface area contributed by atoms with Crippen LogP contribution >= 0.6 is 22.6 Å². The zero-order valence-electron chi connectivity index (χ0n) is 20.0. The Morgan fingerprint density at radius 1 is 1.20 bits per heavy atom. The molecule has 0 spiro atoms. The zero-order chi connectivity index (χ0) is 24.9. The number of benzene rings is 2. The minimum absolute atomic E-state index is 0.0789. The van der Waals surface area contributed by atoms with Gasteiger partial charge in [-0.15, -0.1) is 0 Å². The molecule has 1 aliphatic rings. The lowest BCUT2D eigenvalue weighted by molar-refractivity contribution is -0.135. The van der Waals surface area contributed by atoms with Crippen molar-refractivity contribution in [2.45, 2.75) is 38.8 Å². The number of imidazole rings is 1. The first-order valence-electron chi connectivity index (χ1n) is 11.6. The number of para-hydroxylation sites is 1. The lowest BCUT2D eigenvalue weighted by Gasteiger charge is -2.30. The third-order valence-electron chi connectivity index (χ3n) is 6.05. The van der Waals surface area contributed by atoms with E-state index in [0.717, 1.165) is 45.0 Å². The summed E-state index contributed by atoms with van der Waals surface area (Å²) in [5, 5.41) is 2.68. The molecular weight excluding hydrogens is 559 g/mol. The van der Waals surface area contributed by atoms with Gasteiger partial charge < -0.3 is 24.7 Å². The Labute approximate surface area is 218 Å². The fraction of sp³-hybridized carbons (Fsp3) is 0.346. The number of H-pyrrole nitrogens is 1. The number of halogens is 1. The number of carbonyl (C=O) groups is 2. The Hall–Kier alpha value is -3.08. The maximum absolute atomic E-state index is 13.4. The van der Waals surface area contributed by atoms with E-state index < -0.39 is 12.1 Å². The summed E-state index contributed by atoms with van der Waals surface area (Å²) in [5.41, 5.74) is 1.79. The average Bonchev–Trinajstić information content (AvgIpc) is 3.53. The standard InChI is InChI=1S/C26H29IN4O4/c1-16(2)23(30-26(33)34-3)25(32)31-13-7-10-21(31)24-28-15-20(29-24)17-11-12-19(27)22(14-17)35-18-8-5-4-6-9-18/h4-6,8-9,11-12,14-16,21,23H,7,10,13H2,1-3H3,(H,28,29)(H,30,33)/t21-,23-/m0/s1. The number of nitrogens with zero attached hydrogens (tertiary/aromatic N) is 2. The van der Waals surface area contributed by atoms with E-state index in [4.69, 9.17) is 9.47 Å². The molecule has 2 N–H and O–H groups in total. The summed E-state index contributed by atoms with van der Waals surface area (Å²) in [6.45, 7) is 4.42. The number of nitrogens with one attached hydrogen (secondary N) is 2. The number of ether oxygens (including phenoxy) is 2. The van der Waals surface area contributed by atoms with Crippen LogP contribution in [0, 0.1) is 9.49 Å². The van der Waals surface area contributed by atoms with E-state index in [-0.39, 0.29) is 17.9 Å². The smallest absolute Gasteiger partial charge is 0.407 e. The summed E-state index contributed by atoms with van der Waals surface area (Å²) in [6.07, 6.45) is 2.85. The van der Waals surface area contributed by atoms with E-state index in [1.165, 1.54) is 7.11 Å². The predicted octanol–water partition coefficient (Wildman–Crippen LogP) is 5.52. The molecule has 0 bridgehead atoms. The van der Waals surface area contributed by atoms with Crippen LogP contribution in [0.3, 0.4) is 0 Å². The van der Waals surface area contributed by atoms with Gasteiger partial charge in [0.05, 0.1) is 28.6 Å². The fourth-order valence-electron chi connectivity index (χ4n) is 4.21. The Balaban J connectivity index is 1.54. The van der Waals surface area contributed by atoms with Crippen molar-refractivity contribution in [2.24, 2.45) is 5.92 Å². The lowest BCUT2D eigenvalue weighted by atomic mass is 10.0. The molecule has 3 aromatic rings. The van der Waals surface area contributed by atoms with Crippen LogP contribution in [0.5, 0.6) is 11.5 Å². The number of hydrogen-bond acceptors (Lipinski definition) is 5. The summed E-state index contributed by atoms with van der Waals surface area (Å²) in [4.78, 5) is 35.0. The van der Waals surface area contributed by atoms with Gasteiger partial charge in [0, 0.05) is 12.1 Å². The number of likely N-dealkylation sites (tertiary alicyclic amines) is 1. The molecule has 9 heteroatoms. The van der Waals surface area contributed by atoms with Crippen LogP contribution < -0.4 is 10.1 Å². The molecule has 1 aromatic heterocycles. The normalized spacial score (nSPS) is 16.3. The number of methoxy groups -OCH3 is 1. The molecule has 2 atom stereocenters.